The molecule has 2 rings (SSSR count). The van der Waals surface area contributed by atoms with Crippen molar-refractivity contribution in [1.82, 2.24) is 0 Å². The van der Waals surface area contributed by atoms with E-state index >= 15 is 0 Å². The second kappa shape index (κ2) is 4.52. The van der Waals surface area contributed by atoms with E-state index in [0.717, 1.165) is 12.0 Å². The molecule has 0 aliphatic carbocycles. The van der Waals surface area contributed by atoms with Crippen LogP contribution in [-0.2, 0) is 9.47 Å². The lowest BCUT2D eigenvalue weighted by atomic mass is 10.1. The summed E-state index contributed by atoms with van der Waals surface area (Å²) in [6.45, 7) is 4.12. The first-order valence-corrected chi connectivity index (χ1v) is 5.60. The van der Waals surface area contributed by atoms with E-state index in [2.05, 4.69) is 13.8 Å². The van der Waals surface area contributed by atoms with E-state index in [1.54, 1.807) is 0 Å². The fourth-order valence-corrected chi connectivity index (χ4v) is 2.07. The van der Waals surface area contributed by atoms with Gasteiger partial charge in [0.1, 0.15) is 0 Å². The van der Waals surface area contributed by atoms with Crippen LogP contribution in [0.1, 0.15) is 32.1 Å². The molecule has 1 aromatic rings. The number of benzene rings is 1. The quantitative estimate of drug-likeness (QED) is 0.729. The highest BCUT2D eigenvalue weighted by Gasteiger charge is 2.27. The molecular formula is C12H15ClO2. The lowest BCUT2D eigenvalue weighted by Gasteiger charge is -2.33. The minimum Gasteiger partial charge on any atom is -0.345 e. The molecule has 1 aliphatic heterocycles. The van der Waals surface area contributed by atoms with Gasteiger partial charge in [-0.2, -0.15) is 0 Å². The summed E-state index contributed by atoms with van der Waals surface area (Å²) in [6, 6.07) is 7.64. The lowest BCUT2D eigenvalue weighted by molar-refractivity contribution is -0.239. The second-order valence-electron chi connectivity index (χ2n) is 3.98. The number of hydrogen-bond donors (Lipinski definition) is 0. The van der Waals surface area contributed by atoms with Gasteiger partial charge in [-0.05, 0) is 26.3 Å². The summed E-state index contributed by atoms with van der Waals surface area (Å²) >= 11 is 6.09. The average molecular weight is 227 g/mol. The molecule has 3 heteroatoms. The molecule has 82 valence electrons. The number of hydrogen-bond acceptors (Lipinski definition) is 2. The Morgan fingerprint density at radius 3 is 2.33 bits per heavy atom. The highest BCUT2D eigenvalue weighted by molar-refractivity contribution is 6.31. The van der Waals surface area contributed by atoms with Gasteiger partial charge < -0.3 is 9.47 Å². The van der Waals surface area contributed by atoms with Gasteiger partial charge >= 0.3 is 0 Å². The van der Waals surface area contributed by atoms with Gasteiger partial charge in [0.25, 0.3) is 0 Å². The van der Waals surface area contributed by atoms with E-state index in [9.17, 15) is 0 Å². The van der Waals surface area contributed by atoms with Crippen molar-refractivity contribution >= 4 is 11.6 Å². The normalized spacial score (nSPS) is 31.5. The van der Waals surface area contributed by atoms with Crippen LogP contribution in [0.25, 0.3) is 0 Å². The van der Waals surface area contributed by atoms with Crippen LogP contribution in [0.3, 0.4) is 0 Å². The topological polar surface area (TPSA) is 18.5 Å². The van der Waals surface area contributed by atoms with E-state index < -0.39 is 0 Å². The maximum Gasteiger partial charge on any atom is 0.185 e. The van der Waals surface area contributed by atoms with Crippen LogP contribution >= 0.6 is 11.6 Å². The average Bonchev–Trinajstić information content (AvgIpc) is 2.16. The van der Waals surface area contributed by atoms with Gasteiger partial charge in [0, 0.05) is 10.6 Å². The van der Waals surface area contributed by atoms with Gasteiger partial charge in [-0.3, -0.25) is 0 Å². The van der Waals surface area contributed by atoms with Crippen LogP contribution < -0.4 is 0 Å². The smallest absolute Gasteiger partial charge is 0.185 e. The molecule has 1 aliphatic rings. The molecule has 0 aromatic heterocycles. The number of ether oxygens (including phenoxy) is 2. The van der Waals surface area contributed by atoms with Gasteiger partial charge in [-0.25, -0.2) is 0 Å². The van der Waals surface area contributed by atoms with Crippen LogP contribution in [0.15, 0.2) is 24.3 Å². The SMILES string of the molecule is C[C@@H]1C[C@@H](C)OC(c2ccccc2Cl)O1. The molecule has 0 amide bonds. The molecule has 1 aromatic carbocycles. The Kier molecular flexibility index (Phi) is 3.29. The molecule has 1 saturated heterocycles. The maximum absolute atomic E-state index is 6.09. The van der Waals surface area contributed by atoms with E-state index in [1.165, 1.54) is 0 Å². The molecule has 2 nitrogen and oxygen atoms in total. The zero-order valence-electron chi connectivity index (χ0n) is 8.94. The third kappa shape index (κ3) is 2.51. The summed E-state index contributed by atoms with van der Waals surface area (Å²) in [5.74, 6) is 0. The fraction of sp³-hybridized carbons (Fsp3) is 0.500. The first-order valence-electron chi connectivity index (χ1n) is 5.22. The Hall–Kier alpha value is -0.570. The molecule has 15 heavy (non-hydrogen) atoms. The third-order valence-electron chi connectivity index (χ3n) is 2.53. The Bertz CT molecular complexity index is 330. The van der Waals surface area contributed by atoms with Crippen molar-refractivity contribution < 1.29 is 9.47 Å². The monoisotopic (exact) mass is 226 g/mol. The van der Waals surface area contributed by atoms with Gasteiger partial charge in [-0.15, -0.1) is 0 Å². The van der Waals surface area contributed by atoms with E-state index in [0.29, 0.717) is 5.02 Å². The molecule has 1 heterocycles. The molecule has 0 spiro atoms. The molecule has 0 bridgehead atoms. The van der Waals surface area contributed by atoms with Crippen molar-refractivity contribution in [3.8, 4) is 0 Å². The standard InChI is InChI=1S/C12H15ClO2/c1-8-7-9(2)15-12(14-8)10-5-3-4-6-11(10)13/h3-6,8-9,12H,7H2,1-2H3/t8-,9-/m1/s1. The van der Waals surface area contributed by atoms with Gasteiger partial charge in [0.15, 0.2) is 6.29 Å². The van der Waals surface area contributed by atoms with Crippen LogP contribution in [0.2, 0.25) is 5.02 Å². The first-order chi connectivity index (χ1) is 7.16. The highest BCUT2D eigenvalue weighted by Crippen LogP contribution is 2.33. The Labute approximate surface area is 95.1 Å². The summed E-state index contributed by atoms with van der Waals surface area (Å²) in [4.78, 5) is 0. The maximum atomic E-state index is 6.09. The van der Waals surface area contributed by atoms with Crippen molar-refractivity contribution in [3.05, 3.63) is 34.9 Å². The number of halogens is 1. The zero-order chi connectivity index (χ0) is 10.8. The Morgan fingerprint density at radius 2 is 1.73 bits per heavy atom. The minimum atomic E-state index is -0.322. The highest BCUT2D eigenvalue weighted by atomic mass is 35.5. The molecule has 1 fully saturated rings. The molecular weight excluding hydrogens is 212 g/mol. The van der Waals surface area contributed by atoms with Crippen molar-refractivity contribution in [2.24, 2.45) is 0 Å². The summed E-state index contributed by atoms with van der Waals surface area (Å²) in [6.07, 6.45) is 1.04. The van der Waals surface area contributed by atoms with E-state index in [-0.39, 0.29) is 18.5 Å². The lowest BCUT2D eigenvalue weighted by Crippen LogP contribution is -2.30. The van der Waals surface area contributed by atoms with Gasteiger partial charge in [-0.1, -0.05) is 29.8 Å². The van der Waals surface area contributed by atoms with Crippen molar-refractivity contribution in [1.29, 1.82) is 0 Å². The van der Waals surface area contributed by atoms with Crippen LogP contribution in [-0.4, -0.2) is 12.2 Å². The molecule has 0 N–H and O–H groups in total. The second-order valence-corrected chi connectivity index (χ2v) is 4.39. The Balaban J connectivity index is 2.20. The van der Waals surface area contributed by atoms with Gasteiger partial charge in [0.05, 0.1) is 12.2 Å². The number of rotatable bonds is 1. The largest absolute Gasteiger partial charge is 0.345 e. The van der Waals surface area contributed by atoms with Crippen LogP contribution in [0, 0.1) is 0 Å². The summed E-state index contributed by atoms with van der Waals surface area (Å²) in [7, 11) is 0. The van der Waals surface area contributed by atoms with Crippen molar-refractivity contribution in [2.75, 3.05) is 0 Å². The van der Waals surface area contributed by atoms with E-state index in [4.69, 9.17) is 21.1 Å². The van der Waals surface area contributed by atoms with Crippen molar-refractivity contribution in [2.45, 2.75) is 38.8 Å². The van der Waals surface area contributed by atoms with E-state index in [1.807, 2.05) is 24.3 Å². The van der Waals surface area contributed by atoms with Gasteiger partial charge in [0.2, 0.25) is 0 Å². The predicted molar refractivity (Wildman–Crippen MR) is 59.9 cm³/mol. The summed E-state index contributed by atoms with van der Waals surface area (Å²) < 4.78 is 11.4. The molecule has 0 saturated carbocycles. The summed E-state index contributed by atoms with van der Waals surface area (Å²) in [5.41, 5.74) is 0.914. The fourth-order valence-electron chi connectivity index (χ4n) is 1.85. The molecule has 0 unspecified atom stereocenters. The van der Waals surface area contributed by atoms with Crippen molar-refractivity contribution in [3.63, 3.8) is 0 Å². The minimum absolute atomic E-state index is 0.218. The zero-order valence-corrected chi connectivity index (χ0v) is 9.70. The Morgan fingerprint density at radius 1 is 1.13 bits per heavy atom. The first kappa shape index (κ1) is 10.9. The molecule has 0 radical (unpaired) electrons. The third-order valence-corrected chi connectivity index (χ3v) is 2.88. The molecule has 2 atom stereocenters. The van der Waals surface area contributed by atoms with Crippen LogP contribution in [0.4, 0.5) is 0 Å². The predicted octanol–water partition coefficient (Wildman–Crippen LogP) is 3.55. The summed E-state index contributed by atoms with van der Waals surface area (Å²) in [5, 5.41) is 0.698. The van der Waals surface area contributed by atoms with Crippen LogP contribution in [0.5, 0.6) is 0 Å².